The highest BCUT2D eigenvalue weighted by Gasteiger charge is 2.29. The molecule has 1 fully saturated rings. The van der Waals surface area contributed by atoms with Gasteiger partial charge in [-0.15, -0.1) is 0 Å². The molecule has 0 bridgehead atoms. The molecule has 1 aromatic heterocycles. The highest BCUT2D eigenvalue weighted by Crippen LogP contribution is 2.30. The standard InChI is InChI=1S/C13H17FN2O/c1-13(2)4-7-16(8-5-13)12(17)10-3-6-15-9-11(10)14/h3,6,9H,4-5,7-8H2,1-2H3. The van der Waals surface area contributed by atoms with Gasteiger partial charge >= 0.3 is 0 Å². The van der Waals surface area contributed by atoms with Gasteiger partial charge in [0.05, 0.1) is 11.8 Å². The summed E-state index contributed by atoms with van der Waals surface area (Å²) in [7, 11) is 0. The lowest BCUT2D eigenvalue weighted by atomic mass is 9.82. The number of carbonyl (C=O) groups excluding carboxylic acids is 1. The molecule has 0 aromatic carbocycles. The molecule has 2 heterocycles. The first-order chi connectivity index (χ1) is 7.99. The quantitative estimate of drug-likeness (QED) is 0.750. The van der Waals surface area contributed by atoms with E-state index in [1.807, 2.05) is 0 Å². The Kier molecular flexibility index (Phi) is 3.13. The van der Waals surface area contributed by atoms with E-state index in [1.165, 1.54) is 12.3 Å². The minimum absolute atomic E-state index is 0.125. The van der Waals surface area contributed by atoms with E-state index in [2.05, 4.69) is 18.8 Å². The molecule has 0 spiro atoms. The highest BCUT2D eigenvalue weighted by atomic mass is 19.1. The van der Waals surface area contributed by atoms with Crippen molar-refractivity contribution >= 4 is 5.91 Å². The number of hydrogen-bond donors (Lipinski definition) is 0. The van der Waals surface area contributed by atoms with Crippen LogP contribution in [0.5, 0.6) is 0 Å². The van der Waals surface area contributed by atoms with Crippen LogP contribution in [0.1, 0.15) is 37.0 Å². The lowest BCUT2D eigenvalue weighted by Gasteiger charge is -2.36. The van der Waals surface area contributed by atoms with Crippen molar-refractivity contribution in [3.05, 3.63) is 29.8 Å². The fraction of sp³-hybridized carbons (Fsp3) is 0.538. The molecule has 0 radical (unpaired) electrons. The third-order valence-corrected chi connectivity index (χ3v) is 3.41. The van der Waals surface area contributed by atoms with Crippen molar-refractivity contribution in [2.24, 2.45) is 5.41 Å². The maximum absolute atomic E-state index is 13.4. The van der Waals surface area contributed by atoms with E-state index in [0.717, 1.165) is 19.0 Å². The van der Waals surface area contributed by atoms with E-state index in [4.69, 9.17) is 0 Å². The average molecular weight is 236 g/mol. The third kappa shape index (κ3) is 2.62. The lowest BCUT2D eigenvalue weighted by Crippen LogP contribution is -2.41. The van der Waals surface area contributed by atoms with Crippen molar-refractivity contribution in [3.63, 3.8) is 0 Å². The topological polar surface area (TPSA) is 33.2 Å². The second-order valence-corrected chi connectivity index (χ2v) is 5.31. The number of likely N-dealkylation sites (tertiary alicyclic amines) is 1. The van der Waals surface area contributed by atoms with E-state index in [0.29, 0.717) is 13.1 Å². The van der Waals surface area contributed by atoms with Crippen molar-refractivity contribution in [3.8, 4) is 0 Å². The molecule has 1 saturated heterocycles. The second-order valence-electron chi connectivity index (χ2n) is 5.31. The van der Waals surface area contributed by atoms with Crippen molar-refractivity contribution in [1.29, 1.82) is 0 Å². The van der Waals surface area contributed by atoms with E-state index in [1.54, 1.807) is 4.90 Å². The lowest BCUT2D eigenvalue weighted by molar-refractivity contribution is 0.0625. The van der Waals surface area contributed by atoms with Crippen molar-refractivity contribution < 1.29 is 9.18 Å². The number of nitrogens with zero attached hydrogens (tertiary/aromatic N) is 2. The van der Waals surface area contributed by atoms with Crippen LogP contribution in [-0.2, 0) is 0 Å². The Hall–Kier alpha value is -1.45. The van der Waals surface area contributed by atoms with Crippen LogP contribution in [0.25, 0.3) is 0 Å². The van der Waals surface area contributed by atoms with Gasteiger partial charge in [-0.1, -0.05) is 13.8 Å². The summed E-state index contributed by atoms with van der Waals surface area (Å²) in [6, 6.07) is 1.44. The molecule has 4 heteroatoms. The highest BCUT2D eigenvalue weighted by molar-refractivity contribution is 5.94. The van der Waals surface area contributed by atoms with Crippen LogP contribution < -0.4 is 0 Å². The van der Waals surface area contributed by atoms with Gasteiger partial charge in [0.15, 0.2) is 5.82 Å². The monoisotopic (exact) mass is 236 g/mol. The number of rotatable bonds is 1. The Morgan fingerprint density at radius 3 is 2.65 bits per heavy atom. The molecule has 2 rings (SSSR count). The summed E-state index contributed by atoms with van der Waals surface area (Å²) >= 11 is 0. The maximum Gasteiger partial charge on any atom is 0.256 e. The molecule has 3 nitrogen and oxygen atoms in total. The number of carbonyl (C=O) groups is 1. The molecular weight excluding hydrogens is 219 g/mol. The van der Waals surface area contributed by atoms with Gasteiger partial charge in [0.25, 0.3) is 5.91 Å². The number of aromatic nitrogens is 1. The van der Waals surface area contributed by atoms with E-state index < -0.39 is 5.82 Å². The van der Waals surface area contributed by atoms with Crippen LogP contribution in [0.15, 0.2) is 18.5 Å². The fourth-order valence-electron chi connectivity index (χ4n) is 2.03. The van der Waals surface area contributed by atoms with E-state index in [9.17, 15) is 9.18 Å². The van der Waals surface area contributed by atoms with Crippen LogP contribution in [0.2, 0.25) is 0 Å². The van der Waals surface area contributed by atoms with Crippen LogP contribution in [0.3, 0.4) is 0 Å². The van der Waals surface area contributed by atoms with Crippen LogP contribution in [-0.4, -0.2) is 28.9 Å². The van der Waals surface area contributed by atoms with Gasteiger partial charge in [-0.05, 0) is 24.3 Å². The molecule has 1 aliphatic rings. The van der Waals surface area contributed by atoms with E-state index in [-0.39, 0.29) is 16.9 Å². The fourth-order valence-corrected chi connectivity index (χ4v) is 2.03. The van der Waals surface area contributed by atoms with Crippen molar-refractivity contribution in [2.45, 2.75) is 26.7 Å². The van der Waals surface area contributed by atoms with Gasteiger partial charge in [0, 0.05) is 19.3 Å². The summed E-state index contributed by atoms with van der Waals surface area (Å²) in [6.45, 7) is 5.80. The molecular formula is C13H17FN2O. The summed E-state index contributed by atoms with van der Waals surface area (Å²) < 4.78 is 13.4. The predicted molar refractivity (Wildman–Crippen MR) is 63.1 cm³/mol. The molecule has 1 aromatic rings. The number of amides is 1. The molecule has 17 heavy (non-hydrogen) atoms. The van der Waals surface area contributed by atoms with Crippen molar-refractivity contribution in [2.75, 3.05) is 13.1 Å². The molecule has 0 saturated carbocycles. The summed E-state index contributed by atoms with van der Waals surface area (Å²) in [4.78, 5) is 17.5. The number of halogens is 1. The van der Waals surface area contributed by atoms with Gasteiger partial charge in [-0.3, -0.25) is 9.78 Å². The Bertz CT molecular complexity index is 421. The molecule has 92 valence electrons. The first-order valence-electron chi connectivity index (χ1n) is 5.88. The summed E-state index contributed by atoms with van der Waals surface area (Å²) in [5.74, 6) is -0.761. The zero-order valence-electron chi connectivity index (χ0n) is 10.2. The summed E-state index contributed by atoms with van der Waals surface area (Å²) in [5, 5.41) is 0. The number of hydrogen-bond acceptors (Lipinski definition) is 2. The molecule has 0 atom stereocenters. The molecule has 0 unspecified atom stereocenters. The SMILES string of the molecule is CC1(C)CCN(C(=O)c2ccncc2F)CC1. The smallest absolute Gasteiger partial charge is 0.256 e. The first kappa shape index (κ1) is 12.0. The maximum atomic E-state index is 13.4. The predicted octanol–water partition coefficient (Wildman–Crippen LogP) is 2.48. The van der Waals surface area contributed by atoms with Crippen LogP contribution in [0.4, 0.5) is 4.39 Å². The molecule has 1 amide bonds. The Morgan fingerprint density at radius 1 is 1.41 bits per heavy atom. The zero-order valence-corrected chi connectivity index (χ0v) is 10.2. The second kappa shape index (κ2) is 4.43. The first-order valence-corrected chi connectivity index (χ1v) is 5.88. The minimum Gasteiger partial charge on any atom is -0.339 e. The summed E-state index contributed by atoms with van der Waals surface area (Å²) in [5.41, 5.74) is 0.410. The van der Waals surface area contributed by atoms with Crippen molar-refractivity contribution in [1.82, 2.24) is 9.88 Å². The average Bonchev–Trinajstić information content (AvgIpc) is 2.29. The summed E-state index contributed by atoms with van der Waals surface area (Å²) in [6.07, 6.45) is 4.46. The van der Waals surface area contributed by atoms with Gasteiger partial charge in [-0.25, -0.2) is 4.39 Å². The zero-order chi connectivity index (χ0) is 12.5. The Morgan fingerprint density at radius 2 is 2.06 bits per heavy atom. The number of pyridine rings is 1. The molecule has 1 aliphatic heterocycles. The van der Waals surface area contributed by atoms with Gasteiger partial charge in [0.2, 0.25) is 0 Å². The van der Waals surface area contributed by atoms with Gasteiger partial charge in [-0.2, -0.15) is 0 Å². The minimum atomic E-state index is -0.540. The van der Waals surface area contributed by atoms with Crippen LogP contribution in [0, 0.1) is 11.2 Å². The van der Waals surface area contributed by atoms with Gasteiger partial charge < -0.3 is 4.90 Å². The van der Waals surface area contributed by atoms with E-state index >= 15 is 0 Å². The number of piperidine rings is 1. The third-order valence-electron chi connectivity index (χ3n) is 3.41. The molecule has 0 N–H and O–H groups in total. The Balaban J connectivity index is 2.10. The Labute approximate surface area is 101 Å². The van der Waals surface area contributed by atoms with Gasteiger partial charge in [0.1, 0.15) is 0 Å². The molecule has 0 aliphatic carbocycles. The largest absolute Gasteiger partial charge is 0.339 e. The normalized spacial score (nSPS) is 19.1. The van der Waals surface area contributed by atoms with Crippen LogP contribution >= 0.6 is 0 Å².